The van der Waals surface area contributed by atoms with Crippen LogP contribution < -0.4 is 14.8 Å². The van der Waals surface area contributed by atoms with Crippen molar-refractivity contribution in [3.8, 4) is 17.5 Å². The van der Waals surface area contributed by atoms with Gasteiger partial charge in [0.25, 0.3) is 5.91 Å². The molecule has 0 saturated heterocycles. The molecule has 2 heterocycles. The fraction of sp³-hybridized carbons (Fsp3) is 0.105. The van der Waals surface area contributed by atoms with E-state index < -0.39 is 0 Å². The number of anilines is 1. The Hall–Kier alpha value is -3.41. The SMILES string of the molecule is CCOc1ncccc1C(=O)Nc1cccnc1Oc1ccccc1. The van der Waals surface area contributed by atoms with Gasteiger partial charge in [0, 0.05) is 12.4 Å². The first-order valence-electron chi connectivity index (χ1n) is 7.85. The number of nitrogens with one attached hydrogen (secondary N) is 1. The highest BCUT2D eigenvalue weighted by molar-refractivity contribution is 6.06. The molecule has 126 valence electrons. The van der Waals surface area contributed by atoms with Crippen LogP contribution in [0.1, 0.15) is 17.3 Å². The molecule has 0 bridgehead atoms. The van der Waals surface area contributed by atoms with Crippen LogP contribution in [-0.2, 0) is 0 Å². The van der Waals surface area contributed by atoms with Crippen LogP contribution in [0.15, 0.2) is 67.0 Å². The van der Waals surface area contributed by atoms with Gasteiger partial charge in [-0.05, 0) is 43.3 Å². The van der Waals surface area contributed by atoms with Gasteiger partial charge in [-0.25, -0.2) is 9.97 Å². The second-order valence-electron chi connectivity index (χ2n) is 5.01. The number of hydrogen-bond acceptors (Lipinski definition) is 5. The third kappa shape index (κ3) is 4.11. The molecule has 0 spiro atoms. The number of hydrogen-bond donors (Lipinski definition) is 1. The lowest BCUT2D eigenvalue weighted by Gasteiger charge is -2.12. The van der Waals surface area contributed by atoms with Gasteiger partial charge in [-0.2, -0.15) is 0 Å². The summed E-state index contributed by atoms with van der Waals surface area (Å²) in [4.78, 5) is 20.9. The smallest absolute Gasteiger partial charge is 0.261 e. The number of carbonyl (C=O) groups excluding carboxylic acids is 1. The van der Waals surface area contributed by atoms with Gasteiger partial charge >= 0.3 is 0 Å². The molecule has 1 N–H and O–H groups in total. The monoisotopic (exact) mass is 335 g/mol. The van der Waals surface area contributed by atoms with Gasteiger partial charge in [-0.15, -0.1) is 0 Å². The zero-order valence-electron chi connectivity index (χ0n) is 13.7. The van der Waals surface area contributed by atoms with Crippen LogP contribution in [0, 0.1) is 0 Å². The van der Waals surface area contributed by atoms with Crippen molar-refractivity contribution in [3.05, 3.63) is 72.6 Å². The molecule has 0 saturated carbocycles. The summed E-state index contributed by atoms with van der Waals surface area (Å²) in [7, 11) is 0. The van der Waals surface area contributed by atoms with Crippen LogP contribution >= 0.6 is 0 Å². The number of ether oxygens (including phenoxy) is 2. The standard InChI is InChI=1S/C19H17N3O3/c1-2-24-18-15(10-6-12-20-18)17(23)22-16-11-7-13-21-19(16)25-14-8-4-3-5-9-14/h3-13H,2H2,1H3,(H,22,23). The van der Waals surface area contributed by atoms with Gasteiger partial charge < -0.3 is 14.8 Å². The minimum atomic E-state index is -0.345. The molecule has 6 heteroatoms. The number of nitrogens with zero attached hydrogens (tertiary/aromatic N) is 2. The number of para-hydroxylation sites is 1. The molecule has 0 fully saturated rings. The highest BCUT2D eigenvalue weighted by Crippen LogP contribution is 2.27. The third-order valence-electron chi connectivity index (χ3n) is 3.27. The lowest BCUT2D eigenvalue weighted by atomic mass is 10.2. The number of amides is 1. The normalized spacial score (nSPS) is 10.1. The summed E-state index contributed by atoms with van der Waals surface area (Å²) in [5.74, 6) is 0.886. The van der Waals surface area contributed by atoms with E-state index in [1.807, 2.05) is 37.3 Å². The van der Waals surface area contributed by atoms with E-state index in [0.29, 0.717) is 29.5 Å². The maximum absolute atomic E-state index is 12.6. The van der Waals surface area contributed by atoms with E-state index in [4.69, 9.17) is 9.47 Å². The van der Waals surface area contributed by atoms with Crippen LogP contribution in [0.3, 0.4) is 0 Å². The molecule has 1 amide bonds. The summed E-state index contributed by atoms with van der Waals surface area (Å²) in [6.07, 6.45) is 3.18. The molecule has 0 atom stereocenters. The summed E-state index contributed by atoms with van der Waals surface area (Å²) in [6.45, 7) is 2.26. The van der Waals surface area contributed by atoms with Crippen molar-refractivity contribution < 1.29 is 14.3 Å². The van der Waals surface area contributed by atoms with Crippen molar-refractivity contribution in [2.45, 2.75) is 6.92 Å². The molecule has 2 aromatic heterocycles. The topological polar surface area (TPSA) is 73.3 Å². The predicted octanol–water partition coefficient (Wildman–Crippen LogP) is 3.92. The van der Waals surface area contributed by atoms with E-state index in [9.17, 15) is 4.79 Å². The molecule has 6 nitrogen and oxygen atoms in total. The Kier molecular flexibility index (Phi) is 5.21. The molecule has 1 aromatic carbocycles. The average molecular weight is 335 g/mol. The van der Waals surface area contributed by atoms with E-state index >= 15 is 0 Å². The Labute approximate surface area is 145 Å². The Morgan fingerprint density at radius 1 is 0.960 bits per heavy atom. The second-order valence-corrected chi connectivity index (χ2v) is 5.01. The van der Waals surface area contributed by atoms with Crippen molar-refractivity contribution in [1.29, 1.82) is 0 Å². The fourth-order valence-corrected chi connectivity index (χ4v) is 2.17. The Morgan fingerprint density at radius 3 is 2.44 bits per heavy atom. The molecule has 0 radical (unpaired) electrons. The first-order valence-corrected chi connectivity index (χ1v) is 7.85. The van der Waals surface area contributed by atoms with E-state index in [1.54, 1.807) is 36.7 Å². The zero-order chi connectivity index (χ0) is 17.5. The molecular formula is C19H17N3O3. The summed E-state index contributed by atoms with van der Waals surface area (Å²) in [5, 5.41) is 2.80. The third-order valence-corrected chi connectivity index (χ3v) is 3.27. The maximum Gasteiger partial charge on any atom is 0.261 e. The molecule has 0 aliphatic rings. The summed E-state index contributed by atoms with van der Waals surface area (Å²) < 4.78 is 11.2. The minimum Gasteiger partial charge on any atom is -0.477 e. The molecule has 3 rings (SSSR count). The van der Waals surface area contributed by atoms with Crippen LogP contribution in [0.5, 0.6) is 17.5 Å². The minimum absolute atomic E-state index is 0.289. The number of carbonyl (C=O) groups is 1. The Balaban J connectivity index is 1.83. The maximum atomic E-state index is 12.6. The predicted molar refractivity (Wildman–Crippen MR) is 94.1 cm³/mol. The largest absolute Gasteiger partial charge is 0.477 e. The second kappa shape index (κ2) is 7.92. The van der Waals surface area contributed by atoms with Crippen LogP contribution in [0.25, 0.3) is 0 Å². The molecule has 0 aliphatic heterocycles. The summed E-state index contributed by atoms with van der Waals surface area (Å²) >= 11 is 0. The molecule has 0 aliphatic carbocycles. The van der Waals surface area contributed by atoms with Crippen LogP contribution in [-0.4, -0.2) is 22.5 Å². The number of benzene rings is 1. The van der Waals surface area contributed by atoms with Gasteiger partial charge in [-0.1, -0.05) is 18.2 Å². The lowest BCUT2D eigenvalue weighted by molar-refractivity contribution is 0.102. The van der Waals surface area contributed by atoms with Gasteiger partial charge in [0.05, 0.1) is 6.61 Å². The lowest BCUT2D eigenvalue weighted by Crippen LogP contribution is -2.15. The van der Waals surface area contributed by atoms with E-state index in [2.05, 4.69) is 15.3 Å². The van der Waals surface area contributed by atoms with Crippen molar-refractivity contribution >= 4 is 11.6 Å². The molecule has 25 heavy (non-hydrogen) atoms. The fourth-order valence-electron chi connectivity index (χ4n) is 2.17. The number of rotatable bonds is 6. The molecule has 0 unspecified atom stereocenters. The molecular weight excluding hydrogens is 318 g/mol. The number of pyridine rings is 2. The highest BCUT2D eigenvalue weighted by Gasteiger charge is 2.16. The van der Waals surface area contributed by atoms with Crippen molar-refractivity contribution in [3.63, 3.8) is 0 Å². The van der Waals surface area contributed by atoms with Crippen LogP contribution in [0.2, 0.25) is 0 Å². The van der Waals surface area contributed by atoms with Crippen LogP contribution in [0.4, 0.5) is 5.69 Å². The first kappa shape index (κ1) is 16.4. The van der Waals surface area contributed by atoms with E-state index in [0.717, 1.165) is 0 Å². The van der Waals surface area contributed by atoms with Gasteiger partial charge in [0.2, 0.25) is 11.8 Å². The quantitative estimate of drug-likeness (QED) is 0.739. The Bertz CT molecular complexity index is 853. The van der Waals surface area contributed by atoms with Crippen molar-refractivity contribution in [1.82, 2.24) is 9.97 Å². The van der Waals surface area contributed by atoms with E-state index in [1.165, 1.54) is 0 Å². The average Bonchev–Trinajstić information content (AvgIpc) is 2.65. The summed E-state index contributed by atoms with van der Waals surface area (Å²) in [6, 6.07) is 16.0. The van der Waals surface area contributed by atoms with Crippen molar-refractivity contribution in [2.75, 3.05) is 11.9 Å². The van der Waals surface area contributed by atoms with Gasteiger partial charge in [-0.3, -0.25) is 4.79 Å². The molecule has 3 aromatic rings. The summed E-state index contributed by atoms with van der Waals surface area (Å²) in [5.41, 5.74) is 0.807. The van der Waals surface area contributed by atoms with Crippen molar-refractivity contribution in [2.24, 2.45) is 0 Å². The Morgan fingerprint density at radius 2 is 1.68 bits per heavy atom. The van der Waals surface area contributed by atoms with E-state index in [-0.39, 0.29) is 11.8 Å². The number of aromatic nitrogens is 2. The zero-order valence-corrected chi connectivity index (χ0v) is 13.7. The highest BCUT2D eigenvalue weighted by atomic mass is 16.5. The first-order chi connectivity index (χ1) is 12.3. The van der Waals surface area contributed by atoms with Gasteiger partial charge in [0.1, 0.15) is 17.0 Å². The van der Waals surface area contributed by atoms with Gasteiger partial charge in [0.15, 0.2) is 0 Å².